The summed E-state index contributed by atoms with van der Waals surface area (Å²) in [6.45, 7) is 6.10. The van der Waals surface area contributed by atoms with E-state index in [0.717, 1.165) is 24.1 Å². The number of thioether (sulfide) groups is 1. The minimum atomic E-state index is -0.447. The third-order valence-electron chi connectivity index (χ3n) is 5.19. The smallest absolute Gasteiger partial charge is 0.240 e. The molecule has 1 unspecified atom stereocenters. The van der Waals surface area contributed by atoms with Crippen molar-refractivity contribution in [3.05, 3.63) is 72.3 Å². The number of carbonyl (C=O) groups is 1. The topological polar surface area (TPSA) is 98.5 Å². The van der Waals surface area contributed by atoms with Gasteiger partial charge in [-0.2, -0.15) is 0 Å². The predicted molar refractivity (Wildman–Crippen MR) is 129 cm³/mol. The number of aryl methyl sites for hydroxylation is 2. The number of aromatic nitrogens is 6. The summed E-state index contributed by atoms with van der Waals surface area (Å²) in [5.74, 6) is 0.764. The van der Waals surface area contributed by atoms with Crippen LogP contribution in [0.2, 0.25) is 0 Å². The maximum Gasteiger partial charge on any atom is 0.240 e. The minimum absolute atomic E-state index is 0.205. The highest BCUT2D eigenvalue weighted by Crippen LogP contribution is 2.33. The van der Waals surface area contributed by atoms with Crippen molar-refractivity contribution >= 4 is 23.6 Å². The average Bonchev–Trinajstić information content (AvgIpc) is 3.27. The van der Waals surface area contributed by atoms with E-state index in [9.17, 15) is 4.79 Å². The fraction of sp³-hybridized carbons (Fsp3) is 0.250. The van der Waals surface area contributed by atoms with Crippen LogP contribution in [0.3, 0.4) is 0 Å². The first-order valence-corrected chi connectivity index (χ1v) is 11.7. The Hall–Kier alpha value is -3.59. The zero-order valence-corrected chi connectivity index (χ0v) is 19.6. The molecule has 33 heavy (non-hydrogen) atoms. The number of benzene rings is 1. The van der Waals surface area contributed by atoms with Gasteiger partial charge in [0.25, 0.3) is 0 Å². The Balaban J connectivity index is 1.76. The molecule has 0 saturated carbocycles. The summed E-state index contributed by atoms with van der Waals surface area (Å²) < 4.78 is 2.06. The molecule has 4 aromatic rings. The van der Waals surface area contributed by atoms with Crippen molar-refractivity contribution in [2.45, 2.75) is 44.0 Å². The molecule has 4 rings (SSSR count). The first kappa shape index (κ1) is 22.6. The molecular formula is C24H25N7OS. The number of hydrogen-bond acceptors (Lipinski definition) is 7. The molecule has 0 radical (unpaired) electrons. The van der Waals surface area contributed by atoms with Gasteiger partial charge in [-0.05, 0) is 49.1 Å². The van der Waals surface area contributed by atoms with E-state index >= 15 is 0 Å². The van der Waals surface area contributed by atoms with Gasteiger partial charge in [-0.25, -0.2) is 9.97 Å². The van der Waals surface area contributed by atoms with Crippen LogP contribution in [0.4, 0.5) is 5.95 Å². The van der Waals surface area contributed by atoms with Gasteiger partial charge < -0.3 is 0 Å². The van der Waals surface area contributed by atoms with Gasteiger partial charge in [0.05, 0.1) is 10.9 Å². The maximum absolute atomic E-state index is 12.8. The lowest BCUT2D eigenvalue weighted by Gasteiger charge is -2.19. The van der Waals surface area contributed by atoms with Crippen molar-refractivity contribution in [1.82, 2.24) is 29.7 Å². The summed E-state index contributed by atoms with van der Waals surface area (Å²) in [5.41, 5.74) is 4.30. The molecule has 0 saturated heterocycles. The molecule has 0 bridgehead atoms. The summed E-state index contributed by atoms with van der Waals surface area (Å²) >= 11 is 1.35. The van der Waals surface area contributed by atoms with E-state index in [-0.39, 0.29) is 11.9 Å². The molecule has 0 aliphatic heterocycles. The maximum atomic E-state index is 12.8. The van der Waals surface area contributed by atoms with E-state index in [1.165, 1.54) is 22.9 Å². The Kier molecular flexibility index (Phi) is 7.09. The molecule has 1 aromatic carbocycles. The lowest BCUT2D eigenvalue weighted by molar-refractivity contribution is -0.115. The van der Waals surface area contributed by atoms with Crippen LogP contribution in [0, 0.1) is 0 Å². The molecule has 1 atom stereocenters. The molecule has 0 fully saturated rings. The second-order valence-corrected chi connectivity index (χ2v) is 8.64. The number of pyridine rings is 1. The van der Waals surface area contributed by atoms with Crippen molar-refractivity contribution in [2.75, 3.05) is 5.32 Å². The monoisotopic (exact) mass is 459 g/mol. The molecule has 0 aliphatic carbocycles. The summed E-state index contributed by atoms with van der Waals surface area (Å²) in [4.78, 5) is 25.2. The van der Waals surface area contributed by atoms with Crippen LogP contribution >= 0.6 is 11.8 Å². The second kappa shape index (κ2) is 10.4. The number of amides is 1. The number of anilines is 1. The first-order chi connectivity index (χ1) is 16.1. The Labute approximate surface area is 196 Å². The van der Waals surface area contributed by atoms with Crippen LogP contribution in [0.15, 0.2) is 66.3 Å². The third kappa shape index (κ3) is 4.93. The van der Waals surface area contributed by atoms with Crippen molar-refractivity contribution < 1.29 is 4.79 Å². The van der Waals surface area contributed by atoms with Gasteiger partial charge >= 0.3 is 0 Å². The Bertz CT molecular complexity index is 1210. The minimum Gasteiger partial charge on any atom is -0.294 e. The number of hydrogen-bond donors (Lipinski definition) is 1. The second-order valence-electron chi connectivity index (χ2n) is 7.34. The highest BCUT2D eigenvalue weighted by molar-refractivity contribution is 8.00. The lowest BCUT2D eigenvalue weighted by Crippen LogP contribution is -2.24. The Morgan fingerprint density at radius 1 is 1.00 bits per heavy atom. The molecule has 9 heteroatoms. The summed E-state index contributed by atoms with van der Waals surface area (Å²) in [6.07, 6.45) is 8.41. The van der Waals surface area contributed by atoms with Crippen LogP contribution in [-0.2, 0) is 17.6 Å². The first-order valence-electron chi connectivity index (χ1n) is 10.8. The van der Waals surface area contributed by atoms with Crippen LogP contribution < -0.4 is 5.32 Å². The van der Waals surface area contributed by atoms with Crippen LogP contribution in [0.25, 0.3) is 17.1 Å². The third-order valence-corrected chi connectivity index (χ3v) is 6.24. The molecule has 3 aromatic heterocycles. The number of carbonyl (C=O) groups excluding carboxylic acids is 1. The van der Waals surface area contributed by atoms with Crippen molar-refractivity contribution in [2.24, 2.45) is 0 Å². The predicted octanol–water partition coefficient (Wildman–Crippen LogP) is 4.36. The van der Waals surface area contributed by atoms with Crippen molar-refractivity contribution in [3.8, 4) is 17.1 Å². The highest BCUT2D eigenvalue weighted by atomic mass is 32.2. The lowest BCUT2D eigenvalue weighted by atomic mass is 10.0. The summed E-state index contributed by atoms with van der Waals surface area (Å²) in [6, 6.07) is 11.9. The fourth-order valence-corrected chi connectivity index (χ4v) is 4.37. The van der Waals surface area contributed by atoms with E-state index in [4.69, 9.17) is 0 Å². The SMILES string of the molecule is CCc1cccc(CC)c1-n1c(SC(C)C(=O)Nc2ncccn2)nnc1-c1cccnc1. The number of nitrogens with one attached hydrogen (secondary N) is 1. The van der Waals surface area contributed by atoms with Gasteiger partial charge in [0.2, 0.25) is 11.9 Å². The van der Waals surface area contributed by atoms with E-state index in [0.29, 0.717) is 11.0 Å². The largest absolute Gasteiger partial charge is 0.294 e. The van der Waals surface area contributed by atoms with Gasteiger partial charge in [0, 0.05) is 30.4 Å². The van der Waals surface area contributed by atoms with Gasteiger partial charge in [0.1, 0.15) is 0 Å². The standard InChI is InChI=1S/C24H25N7OS/c1-4-17-9-6-10-18(5-2)20(17)31-21(19-11-7-12-25-15-19)29-30-24(31)33-16(3)22(32)28-23-26-13-8-14-27-23/h6-16H,4-5H2,1-3H3,(H,26,27,28,32). The summed E-state index contributed by atoms with van der Waals surface area (Å²) in [7, 11) is 0. The fourth-order valence-electron chi connectivity index (χ4n) is 3.52. The van der Waals surface area contributed by atoms with Crippen LogP contribution in [0.1, 0.15) is 31.9 Å². The molecule has 168 valence electrons. The zero-order chi connectivity index (χ0) is 23.2. The molecule has 1 N–H and O–H groups in total. The Morgan fingerprint density at radius 2 is 1.73 bits per heavy atom. The van der Waals surface area contributed by atoms with E-state index < -0.39 is 5.25 Å². The van der Waals surface area contributed by atoms with Crippen LogP contribution in [0.5, 0.6) is 0 Å². The van der Waals surface area contributed by atoms with E-state index in [1.54, 1.807) is 30.9 Å². The van der Waals surface area contributed by atoms with Crippen LogP contribution in [-0.4, -0.2) is 40.9 Å². The quantitative estimate of drug-likeness (QED) is 0.391. The van der Waals surface area contributed by atoms with Crippen molar-refractivity contribution in [3.63, 3.8) is 0 Å². The van der Waals surface area contributed by atoms with Gasteiger partial charge in [0.15, 0.2) is 11.0 Å². The normalized spacial score (nSPS) is 11.8. The van der Waals surface area contributed by atoms with Gasteiger partial charge in [-0.15, -0.1) is 10.2 Å². The molecule has 0 spiro atoms. The molecular weight excluding hydrogens is 434 g/mol. The molecule has 1 amide bonds. The molecule has 3 heterocycles. The number of rotatable bonds is 8. The van der Waals surface area contributed by atoms with E-state index in [2.05, 4.69) is 67.1 Å². The average molecular weight is 460 g/mol. The number of nitrogens with zero attached hydrogens (tertiary/aromatic N) is 6. The van der Waals surface area contributed by atoms with Gasteiger partial charge in [-0.1, -0.05) is 43.8 Å². The molecule has 8 nitrogen and oxygen atoms in total. The van der Waals surface area contributed by atoms with Crippen molar-refractivity contribution in [1.29, 1.82) is 0 Å². The zero-order valence-electron chi connectivity index (χ0n) is 18.8. The summed E-state index contributed by atoms with van der Waals surface area (Å²) in [5, 5.41) is 11.9. The Morgan fingerprint density at radius 3 is 2.36 bits per heavy atom. The van der Waals surface area contributed by atoms with E-state index in [1.807, 2.05) is 19.1 Å². The number of para-hydroxylation sites is 1. The highest BCUT2D eigenvalue weighted by Gasteiger charge is 2.24. The molecule has 0 aliphatic rings. The van der Waals surface area contributed by atoms with Gasteiger partial charge in [-0.3, -0.25) is 19.7 Å².